The van der Waals surface area contributed by atoms with E-state index in [-0.39, 0.29) is 17.6 Å². The predicted octanol–water partition coefficient (Wildman–Crippen LogP) is 5.25. The third-order valence-corrected chi connectivity index (χ3v) is 8.96. The number of para-hydroxylation sites is 2. The molecule has 3 aromatic carbocycles. The number of hydrogen-bond acceptors (Lipinski definition) is 6. The van der Waals surface area contributed by atoms with Crippen LogP contribution in [0.3, 0.4) is 0 Å². The maximum Gasteiger partial charge on any atom is 0.255 e. The van der Waals surface area contributed by atoms with Gasteiger partial charge in [-0.1, -0.05) is 12.1 Å². The highest BCUT2D eigenvalue weighted by Gasteiger charge is 2.31. The normalized spacial score (nSPS) is 15.9. The SMILES string of the molecule is CNC(=O)c1c(-c2ccc(F)cc2)oc2cc(N(C)S(C)(=O)=O)c(C3CCCN(c4nc5ccccc5[nH]4)C3)cc12. The highest BCUT2D eigenvalue weighted by Crippen LogP contribution is 2.42. The van der Waals surface area contributed by atoms with Crippen LogP contribution in [0.1, 0.15) is 34.7 Å². The van der Waals surface area contributed by atoms with Gasteiger partial charge < -0.3 is 19.6 Å². The van der Waals surface area contributed by atoms with Gasteiger partial charge >= 0.3 is 0 Å². The summed E-state index contributed by atoms with van der Waals surface area (Å²) in [5, 5.41) is 3.24. The summed E-state index contributed by atoms with van der Waals surface area (Å²) in [5.74, 6) is 0.241. The van der Waals surface area contributed by atoms with Crippen LogP contribution in [0.2, 0.25) is 0 Å². The Hall–Kier alpha value is -4.38. The first-order valence-corrected chi connectivity index (χ1v) is 15.2. The number of carbonyl (C=O) groups excluding carboxylic acids is 1. The Morgan fingerprint density at radius 2 is 1.93 bits per heavy atom. The molecule has 5 aromatic rings. The number of benzene rings is 3. The fraction of sp³-hybridized carbons (Fsp3) is 0.267. The van der Waals surface area contributed by atoms with E-state index < -0.39 is 15.8 Å². The van der Waals surface area contributed by atoms with Gasteiger partial charge in [0.2, 0.25) is 16.0 Å². The van der Waals surface area contributed by atoms with Crippen LogP contribution in [0, 0.1) is 5.82 Å². The number of fused-ring (bicyclic) bond motifs is 2. The number of halogens is 1. The van der Waals surface area contributed by atoms with Gasteiger partial charge in [-0.25, -0.2) is 17.8 Å². The summed E-state index contributed by atoms with van der Waals surface area (Å²) < 4.78 is 46.6. The van der Waals surface area contributed by atoms with Crippen LogP contribution in [0.4, 0.5) is 16.0 Å². The topological polar surface area (TPSA) is 112 Å². The van der Waals surface area contributed by atoms with Crippen LogP contribution in [0.25, 0.3) is 33.3 Å². The number of aromatic nitrogens is 2. The third-order valence-electron chi connectivity index (χ3n) is 7.77. The Morgan fingerprint density at radius 1 is 1.17 bits per heavy atom. The van der Waals surface area contributed by atoms with E-state index in [4.69, 9.17) is 9.40 Å². The first-order valence-electron chi connectivity index (χ1n) is 13.4. The minimum Gasteiger partial charge on any atom is -0.455 e. The number of rotatable bonds is 6. The standard InChI is InChI=1S/C30H30FN5O4S/c1-32-29(37)27-22-15-21(19-7-6-14-36(17-19)30-33-23-8-4-5-9-24(23)34-30)25(35(2)41(3,38)39)16-26(22)40-28(27)18-10-12-20(31)13-11-18/h4-5,8-13,15-16,19H,6-7,14,17H2,1-3H3,(H,32,37)(H,33,34). The molecule has 2 N–H and O–H groups in total. The van der Waals surface area contributed by atoms with Crippen molar-refractivity contribution in [3.05, 3.63) is 77.6 Å². The lowest BCUT2D eigenvalue weighted by molar-refractivity contribution is 0.0964. The summed E-state index contributed by atoms with van der Waals surface area (Å²) in [6, 6.07) is 17.1. The molecule has 1 aliphatic rings. The van der Waals surface area contributed by atoms with Crippen molar-refractivity contribution < 1.29 is 22.0 Å². The number of sulfonamides is 1. The molecule has 1 atom stereocenters. The van der Waals surface area contributed by atoms with Gasteiger partial charge in [0.15, 0.2) is 0 Å². The molecule has 11 heteroatoms. The summed E-state index contributed by atoms with van der Waals surface area (Å²) in [6.45, 7) is 1.41. The Balaban J connectivity index is 1.50. The smallest absolute Gasteiger partial charge is 0.255 e. The lowest BCUT2D eigenvalue weighted by Crippen LogP contribution is -2.36. The van der Waals surface area contributed by atoms with Crippen molar-refractivity contribution in [2.45, 2.75) is 18.8 Å². The molecule has 1 saturated heterocycles. The zero-order valence-corrected chi connectivity index (χ0v) is 23.8. The first kappa shape index (κ1) is 26.8. The molecule has 6 rings (SSSR count). The van der Waals surface area contributed by atoms with Gasteiger partial charge in [0.25, 0.3) is 5.91 Å². The van der Waals surface area contributed by atoms with Crippen molar-refractivity contribution >= 4 is 49.6 Å². The Kier molecular flexibility index (Phi) is 6.69. The number of carbonyl (C=O) groups is 1. The number of aromatic amines is 1. The molecule has 0 radical (unpaired) electrons. The average molecular weight is 576 g/mol. The number of furan rings is 1. The Labute approximate surface area is 237 Å². The Bertz CT molecular complexity index is 1850. The van der Waals surface area contributed by atoms with Crippen molar-refractivity contribution in [3.8, 4) is 11.3 Å². The summed E-state index contributed by atoms with van der Waals surface area (Å²) in [7, 11) is -0.558. The number of nitrogens with one attached hydrogen (secondary N) is 2. The van der Waals surface area contributed by atoms with E-state index in [1.807, 2.05) is 30.3 Å². The molecule has 9 nitrogen and oxygen atoms in total. The molecule has 1 fully saturated rings. The molecule has 0 bridgehead atoms. The summed E-state index contributed by atoms with van der Waals surface area (Å²) in [6.07, 6.45) is 2.85. The van der Waals surface area contributed by atoms with Gasteiger partial charge in [0, 0.05) is 50.1 Å². The lowest BCUT2D eigenvalue weighted by Gasteiger charge is -2.34. The molecule has 41 heavy (non-hydrogen) atoms. The number of imidazole rings is 1. The fourth-order valence-electron chi connectivity index (χ4n) is 5.59. The Morgan fingerprint density at radius 3 is 2.63 bits per heavy atom. The van der Waals surface area contributed by atoms with Crippen LogP contribution in [0.15, 0.2) is 65.1 Å². The van der Waals surface area contributed by atoms with E-state index in [1.54, 1.807) is 18.2 Å². The van der Waals surface area contributed by atoms with E-state index in [0.29, 0.717) is 34.3 Å². The van der Waals surface area contributed by atoms with E-state index in [0.717, 1.165) is 48.2 Å². The van der Waals surface area contributed by atoms with Crippen LogP contribution >= 0.6 is 0 Å². The summed E-state index contributed by atoms with van der Waals surface area (Å²) >= 11 is 0. The molecular weight excluding hydrogens is 545 g/mol. The van der Waals surface area contributed by atoms with Crippen molar-refractivity contribution in [1.82, 2.24) is 15.3 Å². The van der Waals surface area contributed by atoms with Crippen LogP contribution in [-0.2, 0) is 10.0 Å². The first-order chi connectivity index (χ1) is 19.6. The fourth-order valence-corrected chi connectivity index (χ4v) is 6.11. The maximum atomic E-state index is 13.7. The van der Waals surface area contributed by atoms with Crippen molar-refractivity contribution in [3.63, 3.8) is 0 Å². The monoisotopic (exact) mass is 575 g/mol. The quantitative estimate of drug-likeness (QED) is 0.286. The number of nitrogens with zero attached hydrogens (tertiary/aromatic N) is 3. The largest absolute Gasteiger partial charge is 0.455 e. The van der Waals surface area contributed by atoms with Crippen molar-refractivity contribution in [2.24, 2.45) is 0 Å². The molecular formula is C30H30FN5O4S. The second-order valence-electron chi connectivity index (χ2n) is 10.4. The van der Waals surface area contributed by atoms with Gasteiger partial charge in [-0.05, 0) is 60.9 Å². The lowest BCUT2D eigenvalue weighted by atomic mass is 9.88. The van der Waals surface area contributed by atoms with E-state index >= 15 is 0 Å². The maximum absolute atomic E-state index is 13.7. The zero-order chi connectivity index (χ0) is 28.9. The highest BCUT2D eigenvalue weighted by molar-refractivity contribution is 7.92. The number of amides is 1. The third kappa shape index (κ3) is 4.90. The van der Waals surface area contributed by atoms with E-state index in [1.165, 1.54) is 30.5 Å². The van der Waals surface area contributed by atoms with Gasteiger partial charge in [-0.3, -0.25) is 9.10 Å². The molecule has 2 aromatic heterocycles. The zero-order valence-electron chi connectivity index (χ0n) is 22.9. The van der Waals surface area contributed by atoms with Crippen molar-refractivity contribution in [1.29, 1.82) is 0 Å². The molecule has 0 spiro atoms. The predicted molar refractivity (Wildman–Crippen MR) is 159 cm³/mol. The molecule has 3 heterocycles. The van der Waals surface area contributed by atoms with Gasteiger partial charge in [0.1, 0.15) is 17.2 Å². The van der Waals surface area contributed by atoms with Crippen LogP contribution in [-0.4, -0.2) is 57.7 Å². The molecule has 0 aliphatic carbocycles. The highest BCUT2D eigenvalue weighted by atomic mass is 32.2. The molecule has 1 aliphatic heterocycles. The van der Waals surface area contributed by atoms with Gasteiger partial charge in [0.05, 0.1) is 28.5 Å². The molecule has 1 amide bonds. The second kappa shape index (κ2) is 10.2. The van der Waals surface area contributed by atoms with Crippen LogP contribution < -0.4 is 14.5 Å². The van der Waals surface area contributed by atoms with Crippen LogP contribution in [0.5, 0.6) is 0 Å². The minimum absolute atomic E-state index is 0.0535. The average Bonchev–Trinajstić information content (AvgIpc) is 3.57. The number of anilines is 2. The van der Waals surface area contributed by atoms with Gasteiger partial charge in [-0.15, -0.1) is 0 Å². The molecule has 1 unspecified atom stereocenters. The minimum atomic E-state index is -3.61. The summed E-state index contributed by atoms with van der Waals surface area (Å²) in [4.78, 5) is 23.5. The van der Waals surface area contributed by atoms with E-state index in [9.17, 15) is 17.6 Å². The number of H-pyrrole nitrogens is 1. The second-order valence-corrected chi connectivity index (χ2v) is 12.4. The van der Waals surface area contributed by atoms with Gasteiger partial charge in [-0.2, -0.15) is 0 Å². The number of piperidine rings is 1. The summed E-state index contributed by atoms with van der Waals surface area (Å²) in [5.41, 5.74) is 4.32. The molecule has 212 valence electrons. The molecule has 0 saturated carbocycles. The van der Waals surface area contributed by atoms with Crippen molar-refractivity contribution in [2.75, 3.05) is 42.6 Å². The van der Waals surface area contributed by atoms with E-state index in [2.05, 4.69) is 15.2 Å². The number of hydrogen-bond donors (Lipinski definition) is 2.